The molecule has 0 radical (unpaired) electrons. The van der Waals surface area contributed by atoms with Crippen molar-refractivity contribution in [1.82, 2.24) is 19.7 Å². The molecule has 0 unspecified atom stereocenters. The summed E-state index contributed by atoms with van der Waals surface area (Å²) in [6, 6.07) is 0. The van der Waals surface area contributed by atoms with Crippen molar-refractivity contribution in [1.29, 1.82) is 0 Å². The van der Waals surface area contributed by atoms with Crippen molar-refractivity contribution in [3.63, 3.8) is 0 Å². The van der Waals surface area contributed by atoms with Crippen LogP contribution in [0.5, 0.6) is 0 Å². The van der Waals surface area contributed by atoms with Gasteiger partial charge in [0, 0.05) is 0 Å². The summed E-state index contributed by atoms with van der Waals surface area (Å²) >= 11 is 0. The predicted molar refractivity (Wildman–Crippen MR) is 61.0 cm³/mol. The molecule has 18 heavy (non-hydrogen) atoms. The van der Waals surface area contributed by atoms with Crippen LogP contribution in [-0.2, 0) is 27.9 Å². The fraction of sp³-hybridized carbons (Fsp3) is 0.667. The minimum atomic E-state index is -3.27. The van der Waals surface area contributed by atoms with E-state index in [-0.39, 0.29) is 24.8 Å². The Balaban J connectivity index is 1.85. The van der Waals surface area contributed by atoms with Gasteiger partial charge in [0.1, 0.15) is 6.54 Å². The first-order valence-corrected chi connectivity index (χ1v) is 7.18. The summed E-state index contributed by atoms with van der Waals surface area (Å²) in [4.78, 5) is 10.4. The summed E-state index contributed by atoms with van der Waals surface area (Å²) in [6.45, 7) is -0.253. The summed E-state index contributed by atoms with van der Waals surface area (Å²) < 4.78 is 26.7. The van der Waals surface area contributed by atoms with Gasteiger partial charge in [-0.2, -0.15) is 0 Å². The first kappa shape index (κ1) is 13.0. The second kappa shape index (κ2) is 5.02. The van der Waals surface area contributed by atoms with Crippen molar-refractivity contribution in [2.24, 2.45) is 5.92 Å². The van der Waals surface area contributed by atoms with Crippen LogP contribution in [0.4, 0.5) is 0 Å². The van der Waals surface area contributed by atoms with Gasteiger partial charge >= 0.3 is 5.97 Å². The molecule has 0 atom stereocenters. The smallest absolute Gasteiger partial charge is 0.325 e. The zero-order chi connectivity index (χ0) is 13.2. The van der Waals surface area contributed by atoms with Crippen LogP contribution in [0.1, 0.15) is 18.5 Å². The normalized spacial score (nSPS) is 15.8. The minimum Gasteiger partial charge on any atom is -0.480 e. The van der Waals surface area contributed by atoms with Gasteiger partial charge in [-0.3, -0.25) is 4.79 Å². The Bertz CT molecular complexity index is 535. The molecule has 0 saturated heterocycles. The van der Waals surface area contributed by atoms with Crippen LogP contribution in [-0.4, -0.2) is 40.2 Å². The van der Waals surface area contributed by atoms with Crippen LogP contribution in [0.3, 0.4) is 0 Å². The SMILES string of the molecule is O=C(O)Cn1cc(CNS(=O)(=O)CC2CC2)nn1. The van der Waals surface area contributed by atoms with E-state index < -0.39 is 16.0 Å². The molecule has 8 nitrogen and oxygen atoms in total. The Morgan fingerprint density at radius 3 is 2.89 bits per heavy atom. The molecule has 2 N–H and O–H groups in total. The average molecular weight is 274 g/mol. The van der Waals surface area contributed by atoms with Gasteiger partial charge in [-0.1, -0.05) is 5.21 Å². The summed E-state index contributed by atoms with van der Waals surface area (Å²) in [5.41, 5.74) is 0.399. The van der Waals surface area contributed by atoms with Crippen LogP contribution in [0.2, 0.25) is 0 Å². The van der Waals surface area contributed by atoms with Crippen LogP contribution in [0.15, 0.2) is 6.20 Å². The zero-order valence-electron chi connectivity index (χ0n) is 9.61. The molecular weight excluding hydrogens is 260 g/mol. The topological polar surface area (TPSA) is 114 Å². The molecule has 1 aliphatic carbocycles. The third-order valence-corrected chi connectivity index (χ3v) is 4.00. The summed E-state index contributed by atoms with van der Waals surface area (Å²) in [7, 11) is -3.27. The monoisotopic (exact) mass is 274 g/mol. The number of carbonyl (C=O) groups is 1. The highest BCUT2D eigenvalue weighted by Gasteiger charge is 2.27. The van der Waals surface area contributed by atoms with Crippen molar-refractivity contribution in [3.05, 3.63) is 11.9 Å². The maximum absolute atomic E-state index is 11.6. The second-order valence-electron chi connectivity index (χ2n) is 4.35. The van der Waals surface area contributed by atoms with Crippen molar-refractivity contribution >= 4 is 16.0 Å². The van der Waals surface area contributed by atoms with E-state index in [0.29, 0.717) is 5.69 Å². The number of hydrogen-bond acceptors (Lipinski definition) is 5. The molecule has 1 aliphatic rings. The number of nitrogens with one attached hydrogen (secondary N) is 1. The van der Waals surface area contributed by atoms with E-state index in [1.165, 1.54) is 6.20 Å². The quantitative estimate of drug-likeness (QED) is 0.672. The van der Waals surface area contributed by atoms with E-state index in [2.05, 4.69) is 15.0 Å². The number of carboxylic acid groups (broad SMARTS) is 1. The largest absolute Gasteiger partial charge is 0.480 e. The Kier molecular flexibility index (Phi) is 3.62. The van der Waals surface area contributed by atoms with Gasteiger partial charge < -0.3 is 5.11 Å². The van der Waals surface area contributed by atoms with Crippen molar-refractivity contribution < 1.29 is 18.3 Å². The van der Waals surface area contributed by atoms with Crippen molar-refractivity contribution in [2.45, 2.75) is 25.9 Å². The van der Waals surface area contributed by atoms with Gasteiger partial charge in [0.25, 0.3) is 0 Å². The van der Waals surface area contributed by atoms with E-state index in [0.717, 1.165) is 17.5 Å². The highest BCUT2D eigenvalue weighted by Crippen LogP contribution is 2.29. The molecule has 1 saturated carbocycles. The summed E-state index contributed by atoms with van der Waals surface area (Å²) in [5.74, 6) is -0.595. The lowest BCUT2D eigenvalue weighted by atomic mass is 10.5. The van der Waals surface area contributed by atoms with Crippen molar-refractivity contribution in [2.75, 3.05) is 5.75 Å². The maximum atomic E-state index is 11.6. The van der Waals surface area contributed by atoms with Gasteiger partial charge in [-0.15, -0.1) is 5.10 Å². The Hall–Kier alpha value is -1.48. The summed E-state index contributed by atoms with van der Waals surface area (Å²) in [6.07, 6.45) is 3.35. The molecular formula is C9H14N4O4S. The highest BCUT2D eigenvalue weighted by molar-refractivity contribution is 7.89. The summed E-state index contributed by atoms with van der Waals surface area (Å²) in [5, 5.41) is 15.8. The molecule has 1 heterocycles. The van der Waals surface area contributed by atoms with E-state index in [9.17, 15) is 13.2 Å². The molecule has 0 spiro atoms. The lowest BCUT2D eigenvalue weighted by molar-refractivity contribution is -0.137. The van der Waals surface area contributed by atoms with Crippen molar-refractivity contribution in [3.8, 4) is 0 Å². The number of sulfonamides is 1. The number of aromatic nitrogens is 3. The van der Waals surface area contributed by atoms with Crippen LogP contribution >= 0.6 is 0 Å². The molecule has 0 aromatic carbocycles. The standard InChI is InChI=1S/C9H14N4O4S/c14-9(15)5-13-4-8(11-12-13)3-10-18(16,17)6-7-1-2-7/h4,7,10H,1-3,5-6H2,(H,14,15). The fourth-order valence-corrected chi connectivity index (χ4v) is 2.91. The fourth-order valence-electron chi connectivity index (χ4n) is 1.47. The number of carboxylic acids is 1. The minimum absolute atomic E-state index is 0.0364. The third-order valence-electron chi connectivity index (χ3n) is 2.51. The molecule has 0 aliphatic heterocycles. The Labute approximate surface area is 104 Å². The van der Waals surface area contributed by atoms with Gasteiger partial charge in [0.05, 0.1) is 24.2 Å². The highest BCUT2D eigenvalue weighted by atomic mass is 32.2. The van der Waals surface area contributed by atoms with Crippen LogP contribution in [0, 0.1) is 5.92 Å². The second-order valence-corrected chi connectivity index (χ2v) is 6.20. The first-order valence-electron chi connectivity index (χ1n) is 5.53. The molecule has 1 aromatic rings. The maximum Gasteiger partial charge on any atom is 0.325 e. The predicted octanol–water partition coefficient (Wildman–Crippen LogP) is -0.808. The third kappa shape index (κ3) is 4.08. The van der Waals surface area contributed by atoms with E-state index >= 15 is 0 Å². The Morgan fingerprint density at radius 1 is 1.56 bits per heavy atom. The lowest BCUT2D eigenvalue weighted by Gasteiger charge is -2.03. The van der Waals surface area contributed by atoms with Gasteiger partial charge in [0.15, 0.2) is 0 Å². The molecule has 0 amide bonds. The van der Waals surface area contributed by atoms with Crippen LogP contribution < -0.4 is 4.72 Å². The zero-order valence-corrected chi connectivity index (χ0v) is 10.4. The van der Waals surface area contributed by atoms with Crippen LogP contribution in [0.25, 0.3) is 0 Å². The number of aliphatic carboxylic acids is 1. The van der Waals surface area contributed by atoms with E-state index in [1.54, 1.807) is 0 Å². The molecule has 1 aromatic heterocycles. The lowest BCUT2D eigenvalue weighted by Crippen LogP contribution is -2.26. The van der Waals surface area contributed by atoms with E-state index in [1.807, 2.05) is 0 Å². The Morgan fingerprint density at radius 2 is 2.28 bits per heavy atom. The molecule has 100 valence electrons. The average Bonchev–Trinajstić information content (AvgIpc) is 2.92. The van der Waals surface area contributed by atoms with Gasteiger partial charge in [-0.25, -0.2) is 17.8 Å². The van der Waals surface area contributed by atoms with Gasteiger partial charge in [-0.05, 0) is 18.8 Å². The van der Waals surface area contributed by atoms with E-state index in [4.69, 9.17) is 5.11 Å². The molecule has 9 heteroatoms. The van der Waals surface area contributed by atoms with Gasteiger partial charge in [0.2, 0.25) is 10.0 Å². The number of hydrogen-bond donors (Lipinski definition) is 2. The molecule has 1 fully saturated rings. The number of rotatable bonds is 7. The molecule has 2 rings (SSSR count). The number of nitrogens with zero attached hydrogens (tertiary/aromatic N) is 3. The molecule has 0 bridgehead atoms. The first-order chi connectivity index (χ1) is 8.44.